The number of amides is 1. The molecule has 130 valence electrons. The van der Waals surface area contributed by atoms with Crippen molar-refractivity contribution in [3.05, 3.63) is 52.6 Å². The summed E-state index contributed by atoms with van der Waals surface area (Å²) < 4.78 is 5.91. The minimum Gasteiger partial charge on any atom is -0.480 e. The standard InChI is InChI=1S/C18H20N4O3/c23-17-16(19-7-8-20-17)21-9-11-22(12-10-21)18(24)15-6-5-13-3-1-2-4-14(13)25-15/h1-4,7-8,15H,5-6,9-12H2,(H,20,23)/t15-/m1/s1. The molecule has 1 amide bonds. The minimum atomic E-state index is -0.417. The van der Waals surface area contributed by atoms with Crippen molar-refractivity contribution >= 4 is 11.7 Å². The molecule has 25 heavy (non-hydrogen) atoms. The molecule has 3 heterocycles. The number of hydrogen-bond donors (Lipinski definition) is 1. The van der Waals surface area contributed by atoms with Crippen LogP contribution in [0, 0.1) is 0 Å². The first-order valence-electron chi connectivity index (χ1n) is 8.54. The number of para-hydroxylation sites is 1. The van der Waals surface area contributed by atoms with Gasteiger partial charge in [-0.1, -0.05) is 18.2 Å². The van der Waals surface area contributed by atoms with Gasteiger partial charge in [0, 0.05) is 38.6 Å². The SMILES string of the molecule is O=C([C@H]1CCc2ccccc2O1)N1CCN(c2ncc[nH]c2=O)CC1. The van der Waals surface area contributed by atoms with Crippen LogP contribution in [0.3, 0.4) is 0 Å². The van der Waals surface area contributed by atoms with Gasteiger partial charge in [-0.05, 0) is 24.5 Å². The first-order valence-corrected chi connectivity index (χ1v) is 8.54. The van der Waals surface area contributed by atoms with Crippen LogP contribution in [0.2, 0.25) is 0 Å². The number of nitrogens with one attached hydrogen (secondary N) is 1. The molecule has 2 aliphatic heterocycles. The second kappa shape index (κ2) is 6.58. The normalized spacial score (nSPS) is 19.9. The monoisotopic (exact) mass is 340 g/mol. The highest BCUT2D eigenvalue weighted by Gasteiger charge is 2.32. The predicted molar refractivity (Wildman–Crippen MR) is 92.8 cm³/mol. The van der Waals surface area contributed by atoms with Crippen molar-refractivity contribution in [2.75, 3.05) is 31.1 Å². The Morgan fingerprint density at radius 2 is 2.00 bits per heavy atom. The van der Waals surface area contributed by atoms with Crippen LogP contribution in [0.1, 0.15) is 12.0 Å². The molecule has 1 atom stereocenters. The van der Waals surface area contributed by atoms with E-state index in [1.807, 2.05) is 34.1 Å². The maximum absolute atomic E-state index is 12.8. The summed E-state index contributed by atoms with van der Waals surface area (Å²) in [6.45, 7) is 2.32. The van der Waals surface area contributed by atoms with E-state index in [0.717, 1.165) is 17.7 Å². The highest BCUT2D eigenvalue weighted by molar-refractivity contribution is 5.82. The van der Waals surface area contributed by atoms with Gasteiger partial charge >= 0.3 is 0 Å². The smallest absolute Gasteiger partial charge is 0.290 e. The molecule has 7 nitrogen and oxygen atoms in total. The largest absolute Gasteiger partial charge is 0.480 e. The van der Waals surface area contributed by atoms with Crippen molar-refractivity contribution < 1.29 is 9.53 Å². The molecular formula is C18H20N4O3. The van der Waals surface area contributed by atoms with E-state index in [4.69, 9.17) is 4.74 Å². The van der Waals surface area contributed by atoms with Gasteiger partial charge in [-0.2, -0.15) is 0 Å². The Bertz CT molecular complexity index is 827. The van der Waals surface area contributed by atoms with E-state index in [1.165, 1.54) is 6.20 Å². The Balaban J connectivity index is 1.39. The first kappa shape index (κ1) is 15.7. The van der Waals surface area contributed by atoms with Crippen LogP contribution >= 0.6 is 0 Å². The number of hydrogen-bond acceptors (Lipinski definition) is 5. The first-order chi connectivity index (χ1) is 12.2. The van der Waals surface area contributed by atoms with Gasteiger partial charge in [0.05, 0.1) is 0 Å². The number of anilines is 1. The van der Waals surface area contributed by atoms with E-state index in [0.29, 0.717) is 38.4 Å². The van der Waals surface area contributed by atoms with Gasteiger partial charge in [0.15, 0.2) is 11.9 Å². The van der Waals surface area contributed by atoms with Gasteiger partial charge in [0.25, 0.3) is 11.5 Å². The number of aromatic nitrogens is 2. The second-order valence-corrected chi connectivity index (χ2v) is 6.31. The van der Waals surface area contributed by atoms with Crippen LogP contribution < -0.4 is 15.2 Å². The Kier molecular flexibility index (Phi) is 4.13. The number of aryl methyl sites for hydroxylation is 1. The molecule has 1 fully saturated rings. The van der Waals surface area contributed by atoms with Gasteiger partial charge < -0.3 is 19.5 Å². The van der Waals surface area contributed by atoms with Crippen LogP contribution in [0.5, 0.6) is 5.75 Å². The molecule has 4 rings (SSSR count). The number of fused-ring (bicyclic) bond motifs is 1. The molecule has 1 N–H and O–H groups in total. The van der Waals surface area contributed by atoms with E-state index in [-0.39, 0.29) is 11.5 Å². The highest BCUT2D eigenvalue weighted by atomic mass is 16.5. The minimum absolute atomic E-state index is 0.0316. The van der Waals surface area contributed by atoms with Crippen LogP contribution in [0.4, 0.5) is 5.82 Å². The number of nitrogens with zero attached hydrogens (tertiary/aromatic N) is 3. The summed E-state index contributed by atoms with van der Waals surface area (Å²) in [6, 6.07) is 7.87. The van der Waals surface area contributed by atoms with Crippen molar-refractivity contribution in [2.45, 2.75) is 18.9 Å². The lowest BCUT2D eigenvalue weighted by atomic mass is 10.0. The molecular weight excluding hydrogens is 320 g/mol. The lowest BCUT2D eigenvalue weighted by Crippen LogP contribution is -2.53. The maximum atomic E-state index is 12.8. The average Bonchev–Trinajstić information content (AvgIpc) is 2.67. The van der Waals surface area contributed by atoms with Gasteiger partial charge in [-0.25, -0.2) is 4.98 Å². The number of carbonyl (C=O) groups is 1. The number of ether oxygens (including phenoxy) is 1. The third-order valence-electron chi connectivity index (χ3n) is 4.77. The number of H-pyrrole nitrogens is 1. The molecule has 0 unspecified atom stereocenters. The molecule has 2 aromatic rings. The fourth-order valence-electron chi connectivity index (χ4n) is 3.41. The zero-order valence-corrected chi connectivity index (χ0v) is 13.9. The Labute approximate surface area is 145 Å². The summed E-state index contributed by atoms with van der Waals surface area (Å²) in [7, 11) is 0. The predicted octanol–water partition coefficient (Wildman–Crippen LogP) is 0.812. The van der Waals surface area contributed by atoms with Gasteiger partial charge in [-0.15, -0.1) is 0 Å². The third kappa shape index (κ3) is 3.09. The number of piperazine rings is 1. The Morgan fingerprint density at radius 3 is 2.80 bits per heavy atom. The lowest BCUT2D eigenvalue weighted by molar-refractivity contribution is -0.139. The topological polar surface area (TPSA) is 78.5 Å². The van der Waals surface area contributed by atoms with Crippen molar-refractivity contribution in [1.82, 2.24) is 14.9 Å². The van der Waals surface area contributed by atoms with Crippen molar-refractivity contribution in [3.8, 4) is 5.75 Å². The zero-order valence-electron chi connectivity index (χ0n) is 13.9. The molecule has 0 saturated carbocycles. The number of benzene rings is 1. The summed E-state index contributed by atoms with van der Waals surface area (Å²) in [5, 5.41) is 0. The van der Waals surface area contributed by atoms with Crippen LogP contribution in [0.15, 0.2) is 41.5 Å². The van der Waals surface area contributed by atoms with Crippen molar-refractivity contribution in [1.29, 1.82) is 0 Å². The van der Waals surface area contributed by atoms with E-state index in [1.54, 1.807) is 6.20 Å². The molecule has 0 radical (unpaired) electrons. The quantitative estimate of drug-likeness (QED) is 0.875. The summed E-state index contributed by atoms with van der Waals surface area (Å²) in [5.41, 5.74) is 0.959. The Morgan fingerprint density at radius 1 is 1.20 bits per heavy atom. The second-order valence-electron chi connectivity index (χ2n) is 6.31. The molecule has 1 aromatic heterocycles. The fraction of sp³-hybridized carbons (Fsp3) is 0.389. The zero-order chi connectivity index (χ0) is 17.2. The van der Waals surface area contributed by atoms with Crippen molar-refractivity contribution in [2.24, 2.45) is 0 Å². The summed E-state index contributed by atoms with van der Waals surface area (Å²) >= 11 is 0. The van der Waals surface area contributed by atoms with Gasteiger partial charge in [0.1, 0.15) is 5.75 Å². The van der Waals surface area contributed by atoms with E-state index in [9.17, 15) is 9.59 Å². The summed E-state index contributed by atoms with van der Waals surface area (Å²) in [6.07, 6.45) is 4.23. The molecule has 1 aromatic carbocycles. The molecule has 1 saturated heterocycles. The maximum Gasteiger partial charge on any atom is 0.290 e. The number of carbonyl (C=O) groups excluding carboxylic acids is 1. The number of rotatable bonds is 2. The van der Waals surface area contributed by atoms with E-state index in [2.05, 4.69) is 9.97 Å². The number of aromatic amines is 1. The summed E-state index contributed by atoms with van der Waals surface area (Å²) in [4.78, 5) is 35.1. The van der Waals surface area contributed by atoms with Crippen LogP contribution in [-0.4, -0.2) is 53.1 Å². The Hall–Kier alpha value is -2.83. The van der Waals surface area contributed by atoms with E-state index < -0.39 is 6.10 Å². The summed E-state index contributed by atoms with van der Waals surface area (Å²) in [5.74, 6) is 1.26. The van der Waals surface area contributed by atoms with Crippen LogP contribution in [-0.2, 0) is 11.2 Å². The van der Waals surface area contributed by atoms with Crippen molar-refractivity contribution in [3.63, 3.8) is 0 Å². The van der Waals surface area contributed by atoms with E-state index >= 15 is 0 Å². The lowest BCUT2D eigenvalue weighted by Gasteiger charge is -2.37. The molecule has 2 aliphatic rings. The molecule has 0 spiro atoms. The molecule has 0 aliphatic carbocycles. The average molecular weight is 340 g/mol. The fourth-order valence-corrected chi connectivity index (χ4v) is 3.41. The van der Waals surface area contributed by atoms with Gasteiger partial charge in [-0.3, -0.25) is 9.59 Å². The molecule has 0 bridgehead atoms. The molecule has 7 heteroatoms. The van der Waals surface area contributed by atoms with Gasteiger partial charge in [0.2, 0.25) is 0 Å². The van der Waals surface area contributed by atoms with Crippen LogP contribution in [0.25, 0.3) is 0 Å². The third-order valence-corrected chi connectivity index (χ3v) is 4.77. The highest BCUT2D eigenvalue weighted by Crippen LogP contribution is 2.28.